The van der Waals surface area contributed by atoms with E-state index in [9.17, 15) is 10.2 Å². The summed E-state index contributed by atoms with van der Waals surface area (Å²) in [5, 5.41) is 20.1. The van der Waals surface area contributed by atoms with Gasteiger partial charge in [-0.2, -0.15) is 0 Å². The molecular weight excluding hydrogens is 314 g/mol. The van der Waals surface area contributed by atoms with Gasteiger partial charge in [0.15, 0.2) is 0 Å². The molecule has 0 spiro atoms. The van der Waals surface area contributed by atoms with Crippen LogP contribution in [-0.2, 0) is 6.54 Å². The van der Waals surface area contributed by atoms with Crippen molar-refractivity contribution in [3.63, 3.8) is 0 Å². The number of nitrogens with zero attached hydrogens (tertiary/aromatic N) is 3. The highest BCUT2D eigenvalue weighted by Gasteiger charge is 2.23. The van der Waals surface area contributed by atoms with E-state index in [1.165, 1.54) is 43.2 Å². The van der Waals surface area contributed by atoms with Gasteiger partial charge < -0.3 is 14.8 Å². The maximum Gasteiger partial charge on any atom is 0.0959 e. The molecule has 5 heteroatoms. The summed E-state index contributed by atoms with van der Waals surface area (Å²) in [6, 6.07) is 4.75. The molecule has 1 aliphatic rings. The van der Waals surface area contributed by atoms with Crippen molar-refractivity contribution < 1.29 is 10.2 Å². The van der Waals surface area contributed by atoms with Crippen molar-refractivity contribution in [2.24, 2.45) is 0 Å². The van der Waals surface area contributed by atoms with E-state index < -0.39 is 6.10 Å². The number of benzene rings is 1. The Morgan fingerprint density at radius 3 is 2.64 bits per heavy atom. The van der Waals surface area contributed by atoms with Gasteiger partial charge in [0, 0.05) is 19.1 Å². The highest BCUT2D eigenvalue weighted by molar-refractivity contribution is 5.77. The summed E-state index contributed by atoms with van der Waals surface area (Å²) < 4.78 is 2.05. The van der Waals surface area contributed by atoms with Gasteiger partial charge in [-0.15, -0.1) is 0 Å². The Hall–Kier alpha value is -1.43. The van der Waals surface area contributed by atoms with Gasteiger partial charge in [0.2, 0.25) is 0 Å². The minimum Gasteiger partial charge on any atom is -0.395 e. The number of aliphatic hydroxyl groups excluding tert-OH is 2. The van der Waals surface area contributed by atoms with E-state index in [0.717, 1.165) is 11.0 Å². The number of hydrogen-bond acceptors (Lipinski definition) is 4. The SMILES string of the molecule is Cc1cc2ncn(CC(O)CN(CCO)C3CCCCC3)c2cc1C. The number of aromatic nitrogens is 2. The third-order valence-electron chi connectivity index (χ3n) is 5.57. The molecule has 1 aromatic heterocycles. The van der Waals surface area contributed by atoms with Crippen LogP contribution in [0.25, 0.3) is 11.0 Å². The largest absolute Gasteiger partial charge is 0.395 e. The first-order valence-electron chi connectivity index (χ1n) is 9.53. The topological polar surface area (TPSA) is 61.5 Å². The Kier molecular flexibility index (Phi) is 6.10. The van der Waals surface area contributed by atoms with Crippen LogP contribution in [0.15, 0.2) is 18.5 Å². The van der Waals surface area contributed by atoms with E-state index in [-0.39, 0.29) is 6.61 Å². The van der Waals surface area contributed by atoms with Gasteiger partial charge >= 0.3 is 0 Å². The predicted molar refractivity (Wildman–Crippen MR) is 101 cm³/mol. The first-order valence-corrected chi connectivity index (χ1v) is 9.53. The molecular formula is C20H31N3O2. The van der Waals surface area contributed by atoms with Gasteiger partial charge in [-0.3, -0.25) is 4.90 Å². The zero-order chi connectivity index (χ0) is 17.8. The number of hydrogen-bond donors (Lipinski definition) is 2. The third-order valence-corrected chi connectivity index (χ3v) is 5.57. The Balaban J connectivity index is 1.68. The van der Waals surface area contributed by atoms with Crippen LogP contribution in [0.3, 0.4) is 0 Å². The first kappa shape index (κ1) is 18.4. The van der Waals surface area contributed by atoms with Crippen molar-refractivity contribution in [2.75, 3.05) is 19.7 Å². The van der Waals surface area contributed by atoms with Crippen LogP contribution in [0.4, 0.5) is 0 Å². The van der Waals surface area contributed by atoms with Crippen molar-refractivity contribution >= 4 is 11.0 Å². The second-order valence-electron chi connectivity index (χ2n) is 7.49. The number of fused-ring (bicyclic) bond motifs is 1. The molecule has 2 N–H and O–H groups in total. The normalized spacial score (nSPS) is 17.5. The van der Waals surface area contributed by atoms with Crippen molar-refractivity contribution in [3.05, 3.63) is 29.6 Å². The lowest BCUT2D eigenvalue weighted by atomic mass is 9.94. The van der Waals surface area contributed by atoms with Crippen molar-refractivity contribution in [1.82, 2.24) is 14.5 Å². The number of aryl methyl sites for hydroxylation is 2. The summed E-state index contributed by atoms with van der Waals surface area (Å²) >= 11 is 0. The van der Waals surface area contributed by atoms with Crippen LogP contribution in [0, 0.1) is 13.8 Å². The van der Waals surface area contributed by atoms with E-state index >= 15 is 0 Å². The van der Waals surface area contributed by atoms with Crippen LogP contribution in [-0.4, -0.2) is 56.5 Å². The Morgan fingerprint density at radius 2 is 1.92 bits per heavy atom. The number of aliphatic hydroxyl groups is 2. The fraction of sp³-hybridized carbons (Fsp3) is 0.650. The van der Waals surface area contributed by atoms with Crippen LogP contribution in [0.5, 0.6) is 0 Å². The summed E-state index contributed by atoms with van der Waals surface area (Å²) in [5.74, 6) is 0. The van der Waals surface area contributed by atoms with E-state index in [2.05, 4.69) is 35.9 Å². The summed E-state index contributed by atoms with van der Waals surface area (Å²) in [6.07, 6.45) is 7.54. The summed E-state index contributed by atoms with van der Waals surface area (Å²) in [5.41, 5.74) is 4.54. The molecule has 1 aliphatic carbocycles. The minimum absolute atomic E-state index is 0.149. The molecule has 0 saturated heterocycles. The molecule has 0 aliphatic heterocycles. The average molecular weight is 345 g/mol. The van der Waals surface area contributed by atoms with Gasteiger partial charge in [0.25, 0.3) is 0 Å². The fourth-order valence-corrected chi connectivity index (χ4v) is 4.01. The highest BCUT2D eigenvalue weighted by atomic mass is 16.3. The second-order valence-corrected chi connectivity index (χ2v) is 7.49. The lowest BCUT2D eigenvalue weighted by Crippen LogP contribution is -2.44. The van der Waals surface area contributed by atoms with Crippen molar-refractivity contribution in [1.29, 1.82) is 0 Å². The first-order chi connectivity index (χ1) is 12.1. The summed E-state index contributed by atoms with van der Waals surface area (Å²) in [4.78, 5) is 6.75. The molecule has 25 heavy (non-hydrogen) atoms. The van der Waals surface area contributed by atoms with E-state index in [0.29, 0.717) is 25.7 Å². The minimum atomic E-state index is -0.465. The Bertz CT molecular complexity index is 692. The van der Waals surface area contributed by atoms with Crippen LogP contribution < -0.4 is 0 Å². The molecule has 0 radical (unpaired) electrons. The van der Waals surface area contributed by atoms with Gasteiger partial charge in [0.05, 0.1) is 36.6 Å². The number of imidazole rings is 1. The van der Waals surface area contributed by atoms with Crippen molar-refractivity contribution in [3.8, 4) is 0 Å². The zero-order valence-electron chi connectivity index (χ0n) is 15.5. The maximum atomic E-state index is 10.7. The molecule has 0 amide bonds. The quantitative estimate of drug-likeness (QED) is 0.810. The van der Waals surface area contributed by atoms with Crippen LogP contribution in [0.1, 0.15) is 43.2 Å². The molecule has 1 aromatic carbocycles. The summed E-state index contributed by atoms with van der Waals surface area (Å²) in [7, 11) is 0. The highest BCUT2D eigenvalue weighted by Crippen LogP contribution is 2.23. The smallest absolute Gasteiger partial charge is 0.0959 e. The third kappa shape index (κ3) is 4.40. The van der Waals surface area contributed by atoms with Crippen molar-refractivity contribution in [2.45, 2.75) is 64.6 Å². The van der Waals surface area contributed by atoms with Gasteiger partial charge in [0.1, 0.15) is 0 Å². The van der Waals surface area contributed by atoms with Gasteiger partial charge in [-0.1, -0.05) is 19.3 Å². The maximum absolute atomic E-state index is 10.7. The molecule has 3 rings (SSSR count). The molecule has 5 nitrogen and oxygen atoms in total. The Labute approximate surface area is 150 Å². The summed E-state index contributed by atoms with van der Waals surface area (Å²) in [6.45, 7) is 6.14. The molecule has 1 saturated carbocycles. The predicted octanol–water partition coefficient (Wildman–Crippen LogP) is 2.64. The molecule has 0 bridgehead atoms. The molecule has 1 heterocycles. The molecule has 1 fully saturated rings. The lowest BCUT2D eigenvalue weighted by molar-refractivity contribution is 0.0529. The Morgan fingerprint density at radius 1 is 1.20 bits per heavy atom. The lowest BCUT2D eigenvalue weighted by Gasteiger charge is -2.35. The van der Waals surface area contributed by atoms with Gasteiger partial charge in [-0.25, -0.2) is 4.98 Å². The van der Waals surface area contributed by atoms with E-state index in [1.807, 2.05) is 10.9 Å². The van der Waals surface area contributed by atoms with Crippen LogP contribution >= 0.6 is 0 Å². The monoisotopic (exact) mass is 345 g/mol. The van der Waals surface area contributed by atoms with E-state index in [1.54, 1.807) is 0 Å². The second kappa shape index (κ2) is 8.30. The fourth-order valence-electron chi connectivity index (χ4n) is 4.01. The molecule has 138 valence electrons. The molecule has 1 atom stereocenters. The number of rotatable bonds is 7. The van der Waals surface area contributed by atoms with Crippen LogP contribution in [0.2, 0.25) is 0 Å². The average Bonchev–Trinajstić information content (AvgIpc) is 2.97. The zero-order valence-corrected chi connectivity index (χ0v) is 15.5. The molecule has 1 unspecified atom stereocenters. The van der Waals surface area contributed by atoms with E-state index in [4.69, 9.17) is 0 Å². The standard InChI is InChI=1S/C20H31N3O2/c1-15-10-19-20(11-16(15)2)23(14-21-19)13-18(25)12-22(8-9-24)17-6-4-3-5-7-17/h10-11,14,17-18,24-25H,3-9,12-13H2,1-2H3. The molecule has 2 aromatic rings. The van der Waals surface area contributed by atoms with Gasteiger partial charge in [-0.05, 0) is 49.9 Å².